The predicted molar refractivity (Wildman–Crippen MR) is 208 cm³/mol. The fourth-order valence-electron chi connectivity index (χ4n) is 9.02. The van der Waals surface area contributed by atoms with E-state index in [1.54, 1.807) is 0 Å². The third-order valence-electron chi connectivity index (χ3n) is 10.5. The highest BCUT2D eigenvalue weighted by atomic mass is 14.3. The Bertz CT molecular complexity index is 2210. The van der Waals surface area contributed by atoms with E-state index >= 15 is 0 Å². The molecule has 0 aromatic heterocycles. The summed E-state index contributed by atoms with van der Waals surface area (Å²) in [5.74, 6) is 0. The van der Waals surface area contributed by atoms with E-state index in [9.17, 15) is 0 Å². The summed E-state index contributed by atoms with van der Waals surface area (Å²) < 4.78 is 0. The van der Waals surface area contributed by atoms with Gasteiger partial charge in [-0.3, -0.25) is 0 Å². The van der Waals surface area contributed by atoms with Crippen LogP contribution in [0.1, 0.15) is 63.8 Å². The maximum Gasteiger partial charge on any atom is 0.244 e. The molecule has 0 fully saturated rings. The lowest BCUT2D eigenvalue weighted by Gasteiger charge is -2.35. The summed E-state index contributed by atoms with van der Waals surface area (Å²) in [6.07, 6.45) is 2.02. The first-order chi connectivity index (χ1) is 23.3. The topological polar surface area (TPSA) is 0 Å². The highest BCUT2D eigenvalue weighted by Gasteiger charge is 2.41. The van der Waals surface area contributed by atoms with Crippen LogP contribution in [0.3, 0.4) is 0 Å². The number of hydrogen-bond acceptors (Lipinski definition) is 0. The van der Waals surface area contributed by atoms with E-state index < -0.39 is 0 Å². The van der Waals surface area contributed by atoms with Gasteiger partial charge in [-0.15, -0.1) is 0 Å². The Morgan fingerprint density at radius 2 is 0.809 bits per heavy atom. The van der Waals surface area contributed by atoms with E-state index in [0.717, 1.165) is 12.8 Å². The molecule has 0 amide bonds. The Labute approximate surface area is 280 Å². The van der Waals surface area contributed by atoms with Crippen LogP contribution >= 0.6 is 0 Å². The summed E-state index contributed by atoms with van der Waals surface area (Å²) in [5.41, 5.74) is 21.9. The molecule has 0 bridgehead atoms. The molecule has 2 heterocycles. The molecule has 0 radical (unpaired) electrons. The van der Waals surface area contributed by atoms with Gasteiger partial charge in [0.25, 0.3) is 0 Å². The lowest BCUT2D eigenvalue weighted by atomic mass is 9.31. The van der Waals surface area contributed by atoms with Gasteiger partial charge in [0.15, 0.2) is 0 Å². The Balaban J connectivity index is 0.000000514. The van der Waals surface area contributed by atoms with Gasteiger partial charge in [-0.05, 0) is 113 Å². The van der Waals surface area contributed by atoms with Crippen molar-refractivity contribution in [3.05, 3.63) is 138 Å². The van der Waals surface area contributed by atoms with Crippen LogP contribution in [-0.4, -0.2) is 6.71 Å². The van der Waals surface area contributed by atoms with E-state index in [0.29, 0.717) is 0 Å². The molecule has 0 unspecified atom stereocenters. The largest absolute Gasteiger partial charge is 0.244 e. The van der Waals surface area contributed by atoms with E-state index in [2.05, 4.69) is 115 Å². The maximum atomic E-state index is 2.47. The molecule has 11 rings (SSSR count). The lowest BCUT2D eigenvalue weighted by molar-refractivity contribution is 1.27. The monoisotopic (exact) mass is 604 g/mol. The normalized spacial score (nSPS) is 12.7. The molecule has 0 spiro atoms. The summed E-state index contributed by atoms with van der Waals surface area (Å²) in [7, 11) is 0. The Morgan fingerprint density at radius 3 is 1.28 bits per heavy atom. The third kappa shape index (κ3) is 3.90. The van der Waals surface area contributed by atoms with Gasteiger partial charge in [-0.1, -0.05) is 161 Å². The molecule has 7 aromatic rings. The number of hydrogen-bond donors (Lipinski definition) is 0. The smallest absolute Gasteiger partial charge is 0.0683 e. The van der Waals surface area contributed by atoms with Crippen molar-refractivity contribution in [3.63, 3.8) is 0 Å². The van der Waals surface area contributed by atoms with Crippen LogP contribution in [0.5, 0.6) is 0 Å². The van der Waals surface area contributed by atoms with Gasteiger partial charge >= 0.3 is 0 Å². The average Bonchev–Trinajstić information content (AvgIpc) is 3.71. The minimum atomic E-state index is 0.247. The van der Waals surface area contributed by atoms with Crippen molar-refractivity contribution in [2.24, 2.45) is 0 Å². The Kier molecular flexibility index (Phi) is 7.18. The quantitative estimate of drug-likeness (QED) is 0.151. The van der Waals surface area contributed by atoms with Crippen molar-refractivity contribution >= 4 is 44.6 Å². The summed E-state index contributed by atoms with van der Waals surface area (Å²) >= 11 is 0. The van der Waals surface area contributed by atoms with Crippen molar-refractivity contribution < 1.29 is 0 Å². The molecule has 1 heteroatoms. The second-order valence-electron chi connectivity index (χ2n) is 12.3. The zero-order valence-corrected chi connectivity index (χ0v) is 28.5. The maximum absolute atomic E-state index is 2.47. The molecule has 0 atom stereocenters. The fourth-order valence-corrected chi connectivity index (χ4v) is 9.02. The molecule has 4 aliphatic rings. The van der Waals surface area contributed by atoms with Crippen LogP contribution in [-0.2, 0) is 12.8 Å². The first-order valence-corrected chi connectivity index (χ1v) is 17.8. The van der Waals surface area contributed by atoms with Gasteiger partial charge in [-0.2, -0.15) is 0 Å². The number of fused-ring (bicyclic) bond motifs is 12. The van der Waals surface area contributed by atoms with Crippen LogP contribution in [0, 0.1) is 0 Å². The van der Waals surface area contributed by atoms with Gasteiger partial charge in [0.1, 0.15) is 0 Å². The third-order valence-corrected chi connectivity index (χ3v) is 10.5. The molecule has 228 valence electrons. The van der Waals surface area contributed by atoms with Crippen molar-refractivity contribution in [3.8, 4) is 44.5 Å². The van der Waals surface area contributed by atoms with Gasteiger partial charge in [-0.25, -0.2) is 0 Å². The Morgan fingerprint density at radius 1 is 0.404 bits per heavy atom. The van der Waals surface area contributed by atoms with Crippen LogP contribution in [0.25, 0.3) is 66.1 Å². The number of rotatable bonds is 0. The van der Waals surface area contributed by atoms with Crippen molar-refractivity contribution in [2.75, 3.05) is 0 Å². The highest BCUT2D eigenvalue weighted by Crippen LogP contribution is 2.50. The molecule has 47 heavy (non-hydrogen) atoms. The molecule has 2 aliphatic heterocycles. The van der Waals surface area contributed by atoms with Gasteiger partial charge < -0.3 is 0 Å². The van der Waals surface area contributed by atoms with Crippen LogP contribution < -0.4 is 16.4 Å². The molecule has 2 aliphatic carbocycles. The van der Waals surface area contributed by atoms with Crippen LogP contribution in [0.15, 0.2) is 115 Å². The van der Waals surface area contributed by atoms with Crippen LogP contribution in [0.2, 0.25) is 0 Å². The zero-order valence-electron chi connectivity index (χ0n) is 28.5. The molecule has 0 nitrogen and oxygen atoms in total. The summed E-state index contributed by atoms with van der Waals surface area (Å²) in [6, 6.07) is 44.2. The fraction of sp³-hybridized carbons (Fsp3) is 0.174. The minimum absolute atomic E-state index is 0.247. The van der Waals surface area contributed by atoms with E-state index in [1.165, 1.54) is 105 Å². The SMILES string of the molecule is CC.CC.CC.c1ccc2c(c1)Cc1c-2cc2cccc3c2c1-c1cccc2c1B3c1cccc3cc4c(c-2c13)Cc1ccccc1-4. The summed E-state index contributed by atoms with van der Waals surface area (Å²) in [6.45, 7) is 12.2. The predicted octanol–water partition coefficient (Wildman–Crippen LogP) is 10.7. The van der Waals surface area contributed by atoms with Gasteiger partial charge in [0.05, 0.1) is 0 Å². The zero-order chi connectivity index (χ0) is 32.4. The highest BCUT2D eigenvalue weighted by molar-refractivity contribution is 7.01. The number of benzene rings is 7. The second kappa shape index (κ2) is 11.4. The Hall–Kier alpha value is -4.88. The van der Waals surface area contributed by atoms with Crippen molar-refractivity contribution in [1.82, 2.24) is 0 Å². The van der Waals surface area contributed by atoms with Gasteiger partial charge in [0, 0.05) is 0 Å². The van der Waals surface area contributed by atoms with Gasteiger partial charge in [0.2, 0.25) is 6.71 Å². The van der Waals surface area contributed by atoms with E-state index in [1.807, 2.05) is 41.5 Å². The molecule has 7 aromatic carbocycles. The summed E-state index contributed by atoms with van der Waals surface area (Å²) in [4.78, 5) is 0. The second-order valence-corrected chi connectivity index (χ2v) is 12.3. The van der Waals surface area contributed by atoms with E-state index in [-0.39, 0.29) is 6.71 Å². The molecular weight excluding hydrogens is 563 g/mol. The van der Waals surface area contributed by atoms with Crippen molar-refractivity contribution in [2.45, 2.75) is 54.4 Å². The first kappa shape index (κ1) is 29.5. The molecule has 0 saturated heterocycles. The minimum Gasteiger partial charge on any atom is -0.0683 e. The van der Waals surface area contributed by atoms with Crippen molar-refractivity contribution in [1.29, 1.82) is 0 Å². The average molecular weight is 605 g/mol. The summed E-state index contributed by atoms with van der Waals surface area (Å²) in [5, 5.41) is 5.66. The molecule has 0 saturated carbocycles. The standard InChI is InChI=1S/C40H23B.3C2H6/c1-3-12-26-22(8-1)18-32-30(26)20-24-10-5-16-34-36(24)38(32)28-14-7-15-29-39-33-19-23-9-2-4-13-27(23)31(33)21-25-11-6-17-35(37(25)39)41(34)40(28)29;3*1-2/h1-17,20-21H,18-19H2;3*1-2H3. The molecular formula is C46H41B. The molecule has 0 N–H and O–H groups in total. The van der Waals surface area contributed by atoms with E-state index in [4.69, 9.17) is 0 Å². The lowest BCUT2D eigenvalue weighted by Crippen LogP contribution is -2.57. The first-order valence-electron chi connectivity index (χ1n) is 17.8. The van der Waals surface area contributed by atoms with Crippen LogP contribution in [0.4, 0.5) is 0 Å².